The van der Waals surface area contributed by atoms with Gasteiger partial charge in [-0.25, -0.2) is 0 Å². The number of carbonyl (C=O) groups excluding carboxylic acids is 2. The van der Waals surface area contributed by atoms with Crippen LogP contribution in [0.4, 0.5) is 0 Å². The van der Waals surface area contributed by atoms with Crippen LogP contribution in [0.1, 0.15) is 53.4 Å². The van der Waals surface area contributed by atoms with Gasteiger partial charge in [-0.05, 0) is 65.0 Å². The summed E-state index contributed by atoms with van der Waals surface area (Å²) in [6, 6.07) is 2.06. The highest BCUT2D eigenvalue weighted by Gasteiger charge is 2.23. The van der Waals surface area contributed by atoms with Crippen LogP contribution in [-0.4, -0.2) is 54.5 Å². The molecule has 0 fully saturated rings. The van der Waals surface area contributed by atoms with Gasteiger partial charge in [0.25, 0.3) is 0 Å². The lowest BCUT2D eigenvalue weighted by atomic mass is 10.0. The second kappa shape index (κ2) is 14.6. The second-order valence-electron chi connectivity index (χ2n) is 9.49. The third kappa shape index (κ3) is 14.3. The van der Waals surface area contributed by atoms with Gasteiger partial charge in [-0.2, -0.15) is 0 Å². The SMILES string of the molecule is CCO[Si](C)(C)CCCC(=O)C(C)CNCC(C)C(=O)CCC[Si](C)(C)OCC. The molecule has 0 aliphatic carbocycles. The monoisotopic (exact) mass is 445 g/mol. The molecule has 0 amide bonds. The van der Waals surface area contributed by atoms with Crippen molar-refractivity contribution >= 4 is 28.2 Å². The minimum Gasteiger partial charge on any atom is -0.418 e. The van der Waals surface area contributed by atoms with Crippen LogP contribution < -0.4 is 5.32 Å². The molecule has 0 aromatic carbocycles. The molecule has 0 bridgehead atoms. The number of carbonyl (C=O) groups is 2. The van der Waals surface area contributed by atoms with Gasteiger partial charge in [0.15, 0.2) is 16.6 Å². The number of Topliss-reactive ketones (excluding diaryl/α,β-unsaturated/α-hetero) is 2. The van der Waals surface area contributed by atoms with E-state index in [0.717, 1.165) is 38.1 Å². The Morgan fingerprint density at radius 1 is 0.759 bits per heavy atom. The molecule has 2 unspecified atom stereocenters. The molecule has 0 heterocycles. The average Bonchev–Trinajstić information content (AvgIpc) is 2.60. The molecule has 172 valence electrons. The molecule has 0 rings (SSSR count). The van der Waals surface area contributed by atoms with Crippen molar-refractivity contribution < 1.29 is 18.4 Å². The molecule has 0 spiro atoms. The van der Waals surface area contributed by atoms with Crippen molar-refractivity contribution in [3.05, 3.63) is 0 Å². The lowest BCUT2D eigenvalue weighted by Crippen LogP contribution is -2.33. The van der Waals surface area contributed by atoms with E-state index in [2.05, 4.69) is 31.5 Å². The Balaban J connectivity index is 4.02. The summed E-state index contributed by atoms with van der Waals surface area (Å²) in [7, 11) is -3.19. The Bertz CT molecular complexity index is 441. The van der Waals surface area contributed by atoms with E-state index in [-0.39, 0.29) is 11.8 Å². The van der Waals surface area contributed by atoms with E-state index in [1.807, 2.05) is 27.7 Å². The van der Waals surface area contributed by atoms with Gasteiger partial charge in [0.2, 0.25) is 0 Å². The largest absolute Gasteiger partial charge is 0.418 e. The summed E-state index contributed by atoms with van der Waals surface area (Å²) in [5.41, 5.74) is 0. The molecule has 0 aliphatic heterocycles. The normalized spacial score (nSPS) is 14.6. The summed E-state index contributed by atoms with van der Waals surface area (Å²) in [5.74, 6) is 0.598. The fourth-order valence-corrected chi connectivity index (χ4v) is 7.45. The Kier molecular flexibility index (Phi) is 14.4. The number of ketones is 2. The van der Waals surface area contributed by atoms with Gasteiger partial charge >= 0.3 is 0 Å². The summed E-state index contributed by atoms with van der Waals surface area (Å²) >= 11 is 0. The van der Waals surface area contributed by atoms with Crippen molar-refractivity contribution in [3.8, 4) is 0 Å². The molecular formula is C22H47NO4Si2. The van der Waals surface area contributed by atoms with Gasteiger partial charge in [0.05, 0.1) is 0 Å². The molecule has 0 saturated heterocycles. The van der Waals surface area contributed by atoms with E-state index in [9.17, 15) is 9.59 Å². The average molecular weight is 446 g/mol. The molecular weight excluding hydrogens is 398 g/mol. The predicted molar refractivity (Wildman–Crippen MR) is 128 cm³/mol. The topological polar surface area (TPSA) is 64.6 Å². The van der Waals surface area contributed by atoms with E-state index in [0.29, 0.717) is 37.5 Å². The van der Waals surface area contributed by atoms with E-state index in [4.69, 9.17) is 8.85 Å². The van der Waals surface area contributed by atoms with Crippen LogP contribution in [0.15, 0.2) is 0 Å². The van der Waals surface area contributed by atoms with Gasteiger partial charge in [-0.1, -0.05) is 13.8 Å². The lowest BCUT2D eigenvalue weighted by molar-refractivity contribution is -0.122. The second-order valence-corrected chi connectivity index (χ2v) is 18.1. The first-order valence-corrected chi connectivity index (χ1v) is 17.7. The fourth-order valence-electron chi connectivity index (χ4n) is 3.54. The molecule has 7 heteroatoms. The van der Waals surface area contributed by atoms with Crippen molar-refractivity contribution in [3.63, 3.8) is 0 Å². The third-order valence-corrected chi connectivity index (χ3v) is 10.7. The Labute approximate surface area is 182 Å². The molecule has 0 aliphatic rings. The lowest BCUT2D eigenvalue weighted by Gasteiger charge is -2.22. The van der Waals surface area contributed by atoms with Gasteiger partial charge in [-0.15, -0.1) is 0 Å². The Morgan fingerprint density at radius 2 is 1.10 bits per heavy atom. The van der Waals surface area contributed by atoms with Crippen LogP contribution in [-0.2, 0) is 18.4 Å². The number of hydrogen-bond acceptors (Lipinski definition) is 5. The maximum atomic E-state index is 12.3. The van der Waals surface area contributed by atoms with Crippen molar-refractivity contribution in [2.75, 3.05) is 26.3 Å². The number of nitrogens with one attached hydrogen (secondary N) is 1. The summed E-state index contributed by atoms with van der Waals surface area (Å²) in [6.45, 7) is 19.7. The summed E-state index contributed by atoms with van der Waals surface area (Å²) < 4.78 is 11.6. The van der Waals surface area contributed by atoms with Crippen molar-refractivity contribution in [2.45, 2.75) is 91.7 Å². The first kappa shape index (κ1) is 28.7. The maximum absolute atomic E-state index is 12.3. The van der Waals surface area contributed by atoms with Crippen LogP contribution in [0.5, 0.6) is 0 Å². The molecule has 0 aromatic heterocycles. The zero-order valence-electron chi connectivity index (χ0n) is 20.4. The van der Waals surface area contributed by atoms with Gasteiger partial charge in [0, 0.05) is 51.0 Å². The number of hydrogen-bond donors (Lipinski definition) is 1. The van der Waals surface area contributed by atoms with Crippen molar-refractivity contribution in [1.82, 2.24) is 5.32 Å². The van der Waals surface area contributed by atoms with Crippen LogP contribution in [0.3, 0.4) is 0 Å². The summed E-state index contributed by atoms with van der Waals surface area (Å²) in [4.78, 5) is 24.7. The highest BCUT2D eigenvalue weighted by molar-refractivity contribution is 6.71. The van der Waals surface area contributed by atoms with Crippen molar-refractivity contribution in [1.29, 1.82) is 0 Å². The number of rotatable bonds is 18. The van der Waals surface area contributed by atoms with E-state index in [1.165, 1.54) is 0 Å². The zero-order valence-corrected chi connectivity index (χ0v) is 22.4. The first-order chi connectivity index (χ1) is 13.4. The summed E-state index contributed by atoms with van der Waals surface area (Å²) in [6.07, 6.45) is 3.08. The van der Waals surface area contributed by atoms with Crippen LogP contribution in [0.2, 0.25) is 38.3 Å². The van der Waals surface area contributed by atoms with E-state index < -0.39 is 16.6 Å². The molecule has 0 radical (unpaired) electrons. The predicted octanol–water partition coefficient (Wildman–Crippen LogP) is 5.03. The van der Waals surface area contributed by atoms with E-state index in [1.54, 1.807) is 0 Å². The minimum absolute atomic E-state index is 0.00725. The smallest absolute Gasteiger partial charge is 0.186 e. The molecule has 0 aromatic rings. The zero-order chi connectivity index (χ0) is 22.5. The van der Waals surface area contributed by atoms with Crippen molar-refractivity contribution in [2.24, 2.45) is 11.8 Å². The standard InChI is InChI=1S/C22H47NO4Si2/c1-9-26-28(5,6)15-11-13-21(24)19(3)17-23-18-20(4)22(25)14-12-16-29(7,8)27-10-2/h19-20,23H,9-18H2,1-8H3. The van der Waals surface area contributed by atoms with Gasteiger partial charge in [-0.3, -0.25) is 9.59 Å². The first-order valence-electron chi connectivity index (χ1n) is 11.5. The van der Waals surface area contributed by atoms with E-state index >= 15 is 0 Å². The minimum atomic E-state index is -1.60. The van der Waals surface area contributed by atoms with Gasteiger partial charge in [0.1, 0.15) is 11.6 Å². The fraction of sp³-hybridized carbons (Fsp3) is 0.909. The maximum Gasteiger partial charge on any atom is 0.186 e. The van der Waals surface area contributed by atoms with Crippen LogP contribution in [0.25, 0.3) is 0 Å². The van der Waals surface area contributed by atoms with Gasteiger partial charge < -0.3 is 14.2 Å². The molecule has 29 heavy (non-hydrogen) atoms. The van der Waals surface area contributed by atoms with Crippen LogP contribution >= 0.6 is 0 Å². The molecule has 2 atom stereocenters. The Hall–Kier alpha value is -0.346. The highest BCUT2D eigenvalue weighted by atomic mass is 28.4. The third-order valence-electron chi connectivity index (χ3n) is 5.47. The quantitative estimate of drug-likeness (QED) is 0.300. The Morgan fingerprint density at radius 3 is 1.41 bits per heavy atom. The molecule has 0 saturated carbocycles. The van der Waals surface area contributed by atoms with Crippen LogP contribution in [0, 0.1) is 11.8 Å². The highest BCUT2D eigenvalue weighted by Crippen LogP contribution is 2.17. The summed E-state index contributed by atoms with van der Waals surface area (Å²) in [5, 5.41) is 3.33. The molecule has 1 N–H and O–H groups in total. The molecule has 5 nitrogen and oxygen atoms in total.